The van der Waals surface area contributed by atoms with Crippen LogP contribution in [0.1, 0.15) is 18.9 Å². The molecule has 6 heteroatoms. The molecule has 0 N–H and O–H groups in total. The minimum Gasteiger partial charge on any atom is -0.487 e. The zero-order valence-electron chi connectivity index (χ0n) is 15.2. The Bertz CT molecular complexity index is 1040. The van der Waals surface area contributed by atoms with Crippen LogP contribution in [0, 0.1) is 0 Å². The first-order chi connectivity index (χ1) is 13.1. The fourth-order valence-electron chi connectivity index (χ4n) is 3.41. The summed E-state index contributed by atoms with van der Waals surface area (Å²) in [6.07, 6.45) is 3.11. The van der Waals surface area contributed by atoms with E-state index < -0.39 is 10.0 Å². The Balaban J connectivity index is 1.51. The Hall–Kier alpha value is -2.44. The van der Waals surface area contributed by atoms with E-state index in [2.05, 4.69) is 4.98 Å². The van der Waals surface area contributed by atoms with Crippen molar-refractivity contribution in [1.82, 2.24) is 9.29 Å². The van der Waals surface area contributed by atoms with Gasteiger partial charge in [-0.2, -0.15) is 4.31 Å². The van der Waals surface area contributed by atoms with Crippen LogP contribution in [-0.2, 0) is 16.4 Å². The lowest BCUT2D eigenvalue weighted by Gasteiger charge is -2.18. The highest BCUT2D eigenvalue weighted by atomic mass is 32.2. The first kappa shape index (κ1) is 17.9. The molecule has 0 bridgehead atoms. The summed E-state index contributed by atoms with van der Waals surface area (Å²) in [5, 5.41) is 1.01. The van der Waals surface area contributed by atoms with Crippen LogP contribution in [0.4, 0.5) is 0 Å². The molecule has 27 heavy (non-hydrogen) atoms. The van der Waals surface area contributed by atoms with Gasteiger partial charge in [0.05, 0.1) is 11.4 Å². The summed E-state index contributed by atoms with van der Waals surface area (Å²) < 4.78 is 33.4. The SMILES string of the molecule is CCc1ccc(S(=O)(=O)N2CCC(Oc3cccc4cccnc34)C2)cc1. The molecule has 1 aliphatic rings. The molecule has 1 atom stereocenters. The molecule has 1 saturated heterocycles. The molecule has 0 amide bonds. The van der Waals surface area contributed by atoms with E-state index in [1.54, 1.807) is 18.3 Å². The Morgan fingerprint density at radius 1 is 1.11 bits per heavy atom. The molecule has 2 aromatic carbocycles. The Morgan fingerprint density at radius 3 is 2.67 bits per heavy atom. The van der Waals surface area contributed by atoms with Gasteiger partial charge < -0.3 is 4.74 Å². The summed E-state index contributed by atoms with van der Waals surface area (Å²) >= 11 is 0. The Kier molecular flexibility index (Phi) is 4.85. The molecule has 3 aromatic rings. The minimum atomic E-state index is -3.49. The summed E-state index contributed by atoms with van der Waals surface area (Å²) in [6.45, 7) is 2.86. The zero-order chi connectivity index (χ0) is 18.9. The lowest BCUT2D eigenvalue weighted by Crippen LogP contribution is -2.31. The molecule has 1 fully saturated rings. The Morgan fingerprint density at radius 2 is 1.89 bits per heavy atom. The highest BCUT2D eigenvalue weighted by molar-refractivity contribution is 7.89. The molecule has 0 spiro atoms. The molecule has 1 aromatic heterocycles. The maximum atomic E-state index is 12.9. The van der Waals surface area contributed by atoms with Gasteiger partial charge >= 0.3 is 0 Å². The zero-order valence-corrected chi connectivity index (χ0v) is 16.0. The van der Waals surface area contributed by atoms with Crippen molar-refractivity contribution in [2.75, 3.05) is 13.1 Å². The molecule has 0 saturated carbocycles. The number of rotatable bonds is 5. The quantitative estimate of drug-likeness (QED) is 0.676. The number of pyridine rings is 1. The van der Waals surface area contributed by atoms with E-state index in [-0.39, 0.29) is 6.10 Å². The van der Waals surface area contributed by atoms with Crippen molar-refractivity contribution in [1.29, 1.82) is 0 Å². The van der Waals surface area contributed by atoms with Crippen molar-refractivity contribution < 1.29 is 13.2 Å². The highest BCUT2D eigenvalue weighted by Gasteiger charge is 2.33. The second-order valence-corrected chi connectivity index (χ2v) is 8.66. The van der Waals surface area contributed by atoms with Crippen LogP contribution in [0.15, 0.2) is 65.7 Å². The van der Waals surface area contributed by atoms with Gasteiger partial charge in [0, 0.05) is 18.1 Å². The van der Waals surface area contributed by atoms with E-state index in [1.165, 1.54) is 4.31 Å². The molecule has 0 aliphatic carbocycles. The maximum Gasteiger partial charge on any atom is 0.243 e. The predicted octanol–water partition coefficient (Wildman–Crippen LogP) is 3.64. The van der Waals surface area contributed by atoms with Crippen LogP contribution in [0.5, 0.6) is 5.75 Å². The van der Waals surface area contributed by atoms with E-state index >= 15 is 0 Å². The summed E-state index contributed by atoms with van der Waals surface area (Å²) in [4.78, 5) is 4.74. The molecule has 5 nitrogen and oxygen atoms in total. The molecule has 140 valence electrons. The normalized spacial score (nSPS) is 18.0. The van der Waals surface area contributed by atoms with Crippen LogP contribution in [0.2, 0.25) is 0 Å². The van der Waals surface area contributed by atoms with E-state index in [9.17, 15) is 8.42 Å². The fourth-order valence-corrected chi connectivity index (χ4v) is 4.90. The number of nitrogens with zero attached hydrogens (tertiary/aromatic N) is 2. The fraction of sp³-hybridized carbons (Fsp3) is 0.286. The van der Waals surface area contributed by atoms with Crippen molar-refractivity contribution in [3.8, 4) is 5.75 Å². The number of fused-ring (bicyclic) bond motifs is 1. The van der Waals surface area contributed by atoms with Crippen LogP contribution in [0.25, 0.3) is 10.9 Å². The lowest BCUT2D eigenvalue weighted by atomic mass is 10.2. The van der Waals surface area contributed by atoms with Crippen LogP contribution in [0.3, 0.4) is 0 Å². The smallest absolute Gasteiger partial charge is 0.243 e. The number of aryl methyl sites for hydroxylation is 1. The largest absolute Gasteiger partial charge is 0.487 e. The van der Waals surface area contributed by atoms with Gasteiger partial charge in [-0.15, -0.1) is 0 Å². The second-order valence-electron chi connectivity index (χ2n) is 6.72. The first-order valence-electron chi connectivity index (χ1n) is 9.17. The average Bonchev–Trinajstić information content (AvgIpc) is 3.18. The molecule has 1 unspecified atom stereocenters. The monoisotopic (exact) mass is 382 g/mol. The van der Waals surface area contributed by atoms with Gasteiger partial charge in [-0.1, -0.05) is 37.3 Å². The predicted molar refractivity (Wildman–Crippen MR) is 105 cm³/mol. The van der Waals surface area contributed by atoms with Crippen LogP contribution in [-0.4, -0.2) is 36.9 Å². The molecule has 2 heterocycles. The average molecular weight is 382 g/mol. The van der Waals surface area contributed by atoms with Crippen molar-refractivity contribution in [3.63, 3.8) is 0 Å². The summed E-state index contributed by atoms with van der Waals surface area (Å²) in [5.74, 6) is 0.699. The number of ether oxygens (including phenoxy) is 1. The van der Waals surface area contributed by atoms with Gasteiger partial charge in [0.15, 0.2) is 0 Å². The maximum absolute atomic E-state index is 12.9. The third kappa shape index (κ3) is 3.55. The van der Waals surface area contributed by atoms with Gasteiger partial charge in [-0.3, -0.25) is 4.98 Å². The van der Waals surface area contributed by atoms with Crippen LogP contribution < -0.4 is 4.74 Å². The molecular formula is C21H22N2O3S. The van der Waals surface area contributed by atoms with Gasteiger partial charge in [0.25, 0.3) is 0 Å². The molecule has 1 aliphatic heterocycles. The number of para-hydroxylation sites is 1. The highest BCUT2D eigenvalue weighted by Crippen LogP contribution is 2.28. The van der Waals surface area contributed by atoms with Gasteiger partial charge in [-0.05, 0) is 42.7 Å². The minimum absolute atomic E-state index is 0.178. The first-order valence-corrected chi connectivity index (χ1v) is 10.6. The van der Waals surface area contributed by atoms with Gasteiger partial charge in [0.1, 0.15) is 17.4 Å². The summed E-state index contributed by atoms with van der Waals surface area (Å²) in [5.41, 5.74) is 1.93. The van der Waals surface area contributed by atoms with Crippen molar-refractivity contribution in [2.24, 2.45) is 0 Å². The van der Waals surface area contributed by atoms with Gasteiger partial charge in [0.2, 0.25) is 10.0 Å². The number of hydrogen-bond acceptors (Lipinski definition) is 4. The number of benzene rings is 2. The van der Waals surface area contributed by atoms with E-state index in [0.29, 0.717) is 30.2 Å². The second kappa shape index (κ2) is 7.29. The summed E-state index contributed by atoms with van der Waals surface area (Å²) in [6, 6.07) is 16.8. The third-order valence-electron chi connectivity index (χ3n) is 4.97. The van der Waals surface area contributed by atoms with E-state index in [4.69, 9.17) is 4.74 Å². The summed E-state index contributed by atoms with van der Waals surface area (Å²) in [7, 11) is -3.49. The third-order valence-corrected chi connectivity index (χ3v) is 6.85. The molecule has 4 rings (SSSR count). The number of hydrogen-bond donors (Lipinski definition) is 0. The van der Waals surface area contributed by atoms with Crippen molar-refractivity contribution in [2.45, 2.75) is 30.8 Å². The number of sulfonamides is 1. The molecule has 0 radical (unpaired) electrons. The van der Waals surface area contributed by atoms with Crippen LogP contribution >= 0.6 is 0 Å². The topological polar surface area (TPSA) is 59.5 Å². The number of aromatic nitrogens is 1. The van der Waals surface area contributed by atoms with Crippen molar-refractivity contribution >= 4 is 20.9 Å². The van der Waals surface area contributed by atoms with Gasteiger partial charge in [-0.25, -0.2) is 8.42 Å². The molecular weight excluding hydrogens is 360 g/mol. The standard InChI is InChI=1S/C21H22N2O3S/c1-2-16-8-10-19(11-9-16)27(24,25)23-14-12-18(15-23)26-20-7-3-5-17-6-4-13-22-21(17)20/h3-11,13,18H,2,12,14-15H2,1H3. The Labute approximate surface area is 159 Å². The van der Waals surface area contributed by atoms with E-state index in [1.807, 2.05) is 49.4 Å². The van der Waals surface area contributed by atoms with E-state index in [0.717, 1.165) is 22.9 Å². The van der Waals surface area contributed by atoms with Crippen molar-refractivity contribution in [3.05, 3.63) is 66.4 Å². The lowest BCUT2D eigenvalue weighted by molar-refractivity contribution is 0.218.